The highest BCUT2D eigenvalue weighted by Crippen LogP contribution is 2.34. The molecule has 140 valence electrons. The van der Waals surface area contributed by atoms with E-state index in [9.17, 15) is 0 Å². The summed E-state index contributed by atoms with van der Waals surface area (Å²) in [5.41, 5.74) is 7.76. The van der Waals surface area contributed by atoms with Crippen LogP contribution in [0.2, 0.25) is 0 Å². The number of hydrogen-bond acceptors (Lipinski definition) is 7. The minimum Gasteiger partial charge on any atom is -0.493 e. The van der Waals surface area contributed by atoms with Gasteiger partial charge in [0.1, 0.15) is 5.82 Å². The summed E-state index contributed by atoms with van der Waals surface area (Å²) in [4.78, 5) is 10.9. The second-order valence-corrected chi connectivity index (χ2v) is 6.47. The van der Waals surface area contributed by atoms with Gasteiger partial charge in [0.2, 0.25) is 5.95 Å². The van der Waals surface area contributed by atoms with Crippen LogP contribution in [0.15, 0.2) is 24.4 Å². The Hall–Kier alpha value is -2.54. The Kier molecular flexibility index (Phi) is 5.78. The molecule has 26 heavy (non-hydrogen) atoms. The first-order chi connectivity index (χ1) is 12.6. The number of nitrogens with zero attached hydrogens (tertiary/aromatic N) is 3. The Bertz CT molecular complexity index is 753. The Morgan fingerprint density at radius 2 is 2.19 bits per heavy atom. The van der Waals surface area contributed by atoms with Crippen LogP contribution in [0.3, 0.4) is 0 Å². The number of ether oxygens (including phenoxy) is 2. The van der Waals surface area contributed by atoms with Crippen LogP contribution in [-0.2, 0) is 0 Å². The summed E-state index contributed by atoms with van der Waals surface area (Å²) < 4.78 is 11.6. The maximum Gasteiger partial charge on any atom is 0.224 e. The third-order valence-electron chi connectivity index (χ3n) is 4.81. The first-order valence-corrected chi connectivity index (χ1v) is 8.98. The van der Waals surface area contributed by atoms with Crippen molar-refractivity contribution in [2.45, 2.75) is 13.3 Å². The molecule has 1 saturated heterocycles. The van der Waals surface area contributed by atoms with E-state index in [1.807, 2.05) is 18.2 Å². The van der Waals surface area contributed by atoms with E-state index in [1.165, 1.54) is 6.42 Å². The number of nitrogens with one attached hydrogen (secondary N) is 1. The summed E-state index contributed by atoms with van der Waals surface area (Å²) in [7, 11) is 3.41. The van der Waals surface area contributed by atoms with Gasteiger partial charge in [0.05, 0.1) is 13.7 Å². The molecule has 7 nitrogen and oxygen atoms in total. The summed E-state index contributed by atoms with van der Waals surface area (Å²) in [6.45, 7) is 6.21. The molecule has 0 amide bonds. The van der Waals surface area contributed by atoms with E-state index in [0.29, 0.717) is 30.0 Å². The highest BCUT2D eigenvalue weighted by Gasteiger charge is 2.22. The summed E-state index contributed by atoms with van der Waals surface area (Å²) in [6, 6.07) is 5.77. The molecule has 7 heteroatoms. The van der Waals surface area contributed by atoms with E-state index in [1.54, 1.807) is 20.4 Å². The minimum atomic E-state index is 0.426. The number of anilines is 2. The van der Waals surface area contributed by atoms with Gasteiger partial charge in [-0.05, 0) is 37.2 Å². The third kappa shape index (κ3) is 3.99. The predicted molar refractivity (Wildman–Crippen MR) is 104 cm³/mol. The van der Waals surface area contributed by atoms with Crippen LogP contribution in [0, 0.1) is 5.92 Å². The van der Waals surface area contributed by atoms with Crippen molar-refractivity contribution in [3.63, 3.8) is 0 Å². The summed E-state index contributed by atoms with van der Waals surface area (Å²) in [5, 5.41) is 2.89. The van der Waals surface area contributed by atoms with Gasteiger partial charge in [-0.25, -0.2) is 4.98 Å². The molecule has 0 bridgehead atoms. The summed E-state index contributed by atoms with van der Waals surface area (Å²) >= 11 is 0. The van der Waals surface area contributed by atoms with Gasteiger partial charge in [-0.1, -0.05) is 13.0 Å². The van der Waals surface area contributed by atoms with Crippen molar-refractivity contribution in [1.29, 1.82) is 0 Å². The smallest absolute Gasteiger partial charge is 0.224 e. The molecule has 1 aromatic carbocycles. The van der Waals surface area contributed by atoms with Crippen LogP contribution in [0.1, 0.15) is 13.3 Å². The topological polar surface area (TPSA) is 85.5 Å². The quantitative estimate of drug-likeness (QED) is 0.787. The van der Waals surface area contributed by atoms with Crippen molar-refractivity contribution in [1.82, 2.24) is 14.9 Å². The zero-order valence-electron chi connectivity index (χ0n) is 15.7. The molecule has 0 radical (unpaired) electrons. The van der Waals surface area contributed by atoms with Gasteiger partial charge in [-0.15, -0.1) is 0 Å². The standard InChI is InChI=1S/C19H27N5O2/c1-4-24-8-7-13(11-24)12-26-17-9-14(5-6-16(17)25-3)15-10-22-19(21-2)23-18(15)20/h5-6,9-10,13H,4,7-8,11-12H2,1-3H3,(H3,20,21,22,23). The largest absolute Gasteiger partial charge is 0.493 e. The van der Waals surface area contributed by atoms with Gasteiger partial charge in [0.25, 0.3) is 0 Å². The molecule has 0 aliphatic carbocycles. The number of methoxy groups -OCH3 is 1. The molecule has 1 aromatic heterocycles. The van der Waals surface area contributed by atoms with Gasteiger partial charge in [-0.3, -0.25) is 0 Å². The second kappa shape index (κ2) is 8.23. The number of nitrogen functional groups attached to an aromatic ring is 1. The van der Waals surface area contributed by atoms with E-state index in [0.717, 1.165) is 36.5 Å². The summed E-state index contributed by atoms with van der Waals surface area (Å²) in [5.74, 6) is 2.90. The first kappa shape index (κ1) is 18.3. The number of aromatic nitrogens is 2. The normalized spacial score (nSPS) is 17.3. The van der Waals surface area contributed by atoms with Gasteiger partial charge in [0.15, 0.2) is 11.5 Å². The molecule has 2 aromatic rings. The lowest BCUT2D eigenvalue weighted by atomic mass is 10.1. The van der Waals surface area contributed by atoms with Crippen LogP contribution in [0.5, 0.6) is 11.5 Å². The van der Waals surface area contributed by atoms with Crippen molar-refractivity contribution in [3.05, 3.63) is 24.4 Å². The monoisotopic (exact) mass is 357 g/mol. The average molecular weight is 357 g/mol. The Balaban J connectivity index is 1.78. The van der Waals surface area contributed by atoms with E-state index in [2.05, 4.69) is 27.1 Å². The molecule has 1 fully saturated rings. The van der Waals surface area contributed by atoms with Crippen molar-refractivity contribution < 1.29 is 9.47 Å². The molecule has 0 spiro atoms. The third-order valence-corrected chi connectivity index (χ3v) is 4.81. The van der Waals surface area contributed by atoms with Crippen molar-refractivity contribution in [3.8, 4) is 22.6 Å². The molecule has 3 N–H and O–H groups in total. The molecule has 1 aliphatic heterocycles. The number of benzene rings is 1. The molecule has 0 saturated carbocycles. The minimum absolute atomic E-state index is 0.426. The second-order valence-electron chi connectivity index (χ2n) is 6.47. The molecule has 1 aliphatic rings. The van der Waals surface area contributed by atoms with E-state index in [-0.39, 0.29) is 0 Å². The zero-order valence-corrected chi connectivity index (χ0v) is 15.7. The van der Waals surface area contributed by atoms with Crippen molar-refractivity contribution in [2.24, 2.45) is 5.92 Å². The lowest BCUT2D eigenvalue weighted by molar-refractivity contribution is 0.234. The van der Waals surface area contributed by atoms with Gasteiger partial charge in [-0.2, -0.15) is 4.98 Å². The first-order valence-electron chi connectivity index (χ1n) is 8.98. The molecular formula is C19H27N5O2. The Morgan fingerprint density at radius 1 is 1.35 bits per heavy atom. The highest BCUT2D eigenvalue weighted by atomic mass is 16.5. The number of nitrogens with two attached hydrogens (primary N) is 1. The molecule has 3 rings (SSSR count). The van der Waals surface area contributed by atoms with Gasteiger partial charge >= 0.3 is 0 Å². The Labute approximate surface area is 154 Å². The van der Waals surface area contributed by atoms with Crippen LogP contribution < -0.4 is 20.5 Å². The predicted octanol–water partition coefficient (Wildman–Crippen LogP) is 2.50. The van der Waals surface area contributed by atoms with E-state index in [4.69, 9.17) is 15.2 Å². The number of rotatable bonds is 7. The highest BCUT2D eigenvalue weighted by molar-refractivity contribution is 5.75. The Morgan fingerprint density at radius 3 is 2.85 bits per heavy atom. The lowest BCUT2D eigenvalue weighted by Gasteiger charge is -2.16. The number of hydrogen-bond donors (Lipinski definition) is 2. The van der Waals surface area contributed by atoms with Crippen LogP contribution in [0.25, 0.3) is 11.1 Å². The van der Waals surface area contributed by atoms with Gasteiger partial charge in [0, 0.05) is 31.3 Å². The fraction of sp³-hybridized carbons (Fsp3) is 0.474. The molecule has 1 atom stereocenters. The SMILES string of the molecule is CCN1CCC(COc2cc(-c3cnc(NC)nc3N)ccc2OC)C1. The average Bonchev–Trinajstić information content (AvgIpc) is 3.14. The van der Waals surface area contributed by atoms with Gasteiger partial charge < -0.3 is 25.4 Å². The van der Waals surface area contributed by atoms with E-state index >= 15 is 0 Å². The van der Waals surface area contributed by atoms with E-state index < -0.39 is 0 Å². The zero-order chi connectivity index (χ0) is 18.5. The lowest BCUT2D eigenvalue weighted by Crippen LogP contribution is -2.21. The van der Waals surface area contributed by atoms with Crippen molar-refractivity contribution >= 4 is 11.8 Å². The molecule has 1 unspecified atom stereocenters. The fourth-order valence-corrected chi connectivity index (χ4v) is 3.24. The van der Waals surface area contributed by atoms with Crippen LogP contribution >= 0.6 is 0 Å². The van der Waals surface area contributed by atoms with Crippen LogP contribution in [-0.4, -0.2) is 55.3 Å². The molecular weight excluding hydrogens is 330 g/mol. The fourth-order valence-electron chi connectivity index (χ4n) is 3.24. The summed E-state index contributed by atoms with van der Waals surface area (Å²) in [6.07, 6.45) is 2.89. The number of likely N-dealkylation sites (tertiary alicyclic amines) is 1. The molecule has 2 heterocycles. The maximum absolute atomic E-state index is 6.11. The maximum atomic E-state index is 6.11. The van der Waals surface area contributed by atoms with Crippen LogP contribution in [0.4, 0.5) is 11.8 Å². The van der Waals surface area contributed by atoms with Crippen molar-refractivity contribution in [2.75, 3.05) is 51.4 Å².